The van der Waals surface area contributed by atoms with Crippen molar-refractivity contribution >= 4 is 40.2 Å². The molecule has 0 N–H and O–H groups in total. The Morgan fingerprint density at radius 1 is 0.516 bits per heavy atom. The number of alkyl halides is 3. The van der Waals surface area contributed by atoms with Crippen LogP contribution in [0.2, 0.25) is 0 Å². The van der Waals surface area contributed by atoms with Gasteiger partial charge in [-0.3, -0.25) is 0 Å². The van der Waals surface area contributed by atoms with Crippen molar-refractivity contribution < 1.29 is 13.2 Å². The number of halogens is 4. The Morgan fingerprint density at radius 3 is 1.26 bits per heavy atom. The molecule has 0 heterocycles. The van der Waals surface area contributed by atoms with Crippen LogP contribution in [0.3, 0.4) is 0 Å². The van der Waals surface area contributed by atoms with Crippen molar-refractivity contribution in [1.29, 1.82) is 0 Å². The fourth-order valence-corrected chi connectivity index (χ4v) is 8.23. The molecule has 0 spiro atoms. The van der Waals surface area contributed by atoms with Gasteiger partial charge in [-0.1, -0.05) is 72.8 Å². The van der Waals surface area contributed by atoms with E-state index in [0.717, 1.165) is 15.9 Å². The highest BCUT2D eigenvalue weighted by Gasteiger charge is 2.47. The van der Waals surface area contributed by atoms with Gasteiger partial charge in [-0.25, -0.2) is 0 Å². The highest BCUT2D eigenvalue weighted by atomic mass is 79.9. The van der Waals surface area contributed by atoms with Crippen LogP contribution in [-0.2, 0) is 12.3 Å². The van der Waals surface area contributed by atoms with E-state index in [1.54, 1.807) is 12.1 Å². The third kappa shape index (κ3) is 4.76. The molecule has 4 aromatic rings. The average Bonchev–Trinajstić information content (AvgIpc) is 2.79. The van der Waals surface area contributed by atoms with Gasteiger partial charge in [0.25, 0.3) is 0 Å². The van der Waals surface area contributed by atoms with Gasteiger partial charge < -0.3 is 0 Å². The van der Waals surface area contributed by atoms with Crippen LogP contribution in [0.25, 0.3) is 0 Å². The monoisotopic (exact) mass is 501 g/mol. The maximum Gasteiger partial charge on any atom is 0.416 e. The molecule has 0 aliphatic rings. The van der Waals surface area contributed by atoms with Gasteiger partial charge in [0.1, 0.15) is 23.2 Å². The van der Waals surface area contributed by atoms with E-state index in [1.807, 2.05) is 91.0 Å². The molecule has 0 saturated carbocycles. The zero-order valence-corrected chi connectivity index (χ0v) is 19.3. The Balaban J connectivity index is 0.00000272. The second kappa shape index (κ2) is 9.80. The van der Waals surface area contributed by atoms with Crippen molar-refractivity contribution in [2.75, 3.05) is 0 Å². The molecule has 0 aliphatic carbocycles. The fraction of sp³-hybridized carbons (Fsp3) is 0.0769. The Morgan fingerprint density at radius 2 is 0.871 bits per heavy atom. The number of benzene rings is 4. The largest absolute Gasteiger partial charge is 0.416 e. The lowest BCUT2D eigenvalue weighted by molar-refractivity contribution is -0.138. The van der Waals surface area contributed by atoms with Crippen LogP contribution >= 0.6 is 24.2 Å². The van der Waals surface area contributed by atoms with E-state index < -0.39 is 19.0 Å². The molecular weight excluding hydrogens is 480 g/mol. The fourth-order valence-electron chi connectivity index (χ4n) is 3.96. The van der Waals surface area contributed by atoms with Crippen LogP contribution in [0.4, 0.5) is 13.2 Å². The standard InChI is InChI=1S/C26H21F3P.BrH/c27-26(28,29)25-19-11-10-12-21(25)20-30(22-13-4-1-5-14-22,23-15-6-2-7-16-23)24-17-8-3-9-18-24;/h1-19H,20H2;1H/q+1;. The second-order valence-electron chi connectivity index (χ2n) is 7.13. The van der Waals surface area contributed by atoms with E-state index in [0.29, 0.717) is 11.7 Å². The summed E-state index contributed by atoms with van der Waals surface area (Å²) < 4.78 is 41.5. The van der Waals surface area contributed by atoms with Gasteiger partial charge in [0.15, 0.2) is 0 Å². The highest BCUT2D eigenvalue weighted by molar-refractivity contribution is 8.93. The molecule has 4 rings (SSSR count). The van der Waals surface area contributed by atoms with Crippen LogP contribution in [0.5, 0.6) is 0 Å². The van der Waals surface area contributed by atoms with Gasteiger partial charge in [-0.2, -0.15) is 13.2 Å². The summed E-state index contributed by atoms with van der Waals surface area (Å²) in [6.07, 6.45) is -4.09. The number of rotatable bonds is 5. The van der Waals surface area contributed by atoms with Crippen molar-refractivity contribution in [3.63, 3.8) is 0 Å². The molecule has 158 valence electrons. The third-order valence-electron chi connectivity index (χ3n) is 5.32. The van der Waals surface area contributed by atoms with Crippen molar-refractivity contribution in [3.05, 3.63) is 126 Å². The van der Waals surface area contributed by atoms with Crippen molar-refractivity contribution in [3.8, 4) is 0 Å². The summed E-state index contributed by atoms with van der Waals surface area (Å²) in [5, 5.41) is 3.21. The van der Waals surface area contributed by atoms with E-state index in [9.17, 15) is 13.2 Å². The molecule has 0 aliphatic heterocycles. The number of hydrogen-bond acceptors (Lipinski definition) is 0. The summed E-state index contributed by atoms with van der Waals surface area (Å²) in [7, 11) is -2.37. The molecule has 4 aromatic carbocycles. The summed E-state index contributed by atoms with van der Waals surface area (Å²) in [6, 6.07) is 35.8. The van der Waals surface area contributed by atoms with E-state index >= 15 is 0 Å². The molecule has 0 aromatic heterocycles. The molecule has 0 fully saturated rings. The van der Waals surface area contributed by atoms with E-state index in [-0.39, 0.29) is 17.0 Å². The first-order chi connectivity index (χ1) is 14.5. The maximum atomic E-state index is 13.8. The van der Waals surface area contributed by atoms with E-state index in [2.05, 4.69) is 0 Å². The minimum atomic E-state index is -4.39. The molecular formula is C26H22BrF3P+. The van der Waals surface area contributed by atoms with Gasteiger partial charge >= 0.3 is 6.18 Å². The molecule has 0 radical (unpaired) electrons. The van der Waals surface area contributed by atoms with Crippen LogP contribution in [0.15, 0.2) is 115 Å². The molecule has 0 nitrogen and oxygen atoms in total. The lowest BCUT2D eigenvalue weighted by Crippen LogP contribution is -2.33. The van der Waals surface area contributed by atoms with Gasteiger partial charge in [0.2, 0.25) is 0 Å². The SMILES string of the molecule is Br.FC(F)(F)c1ccccc1C[P+](c1ccccc1)(c1ccccc1)c1ccccc1. The second-order valence-corrected chi connectivity index (χ2v) is 10.6. The smallest absolute Gasteiger partial charge is 0.166 e. The van der Waals surface area contributed by atoms with Gasteiger partial charge in [-0.05, 0) is 42.5 Å². The molecule has 0 atom stereocenters. The molecule has 0 bridgehead atoms. The molecule has 0 amide bonds. The Kier molecular flexibility index (Phi) is 7.35. The van der Waals surface area contributed by atoms with Crippen LogP contribution < -0.4 is 15.9 Å². The quantitative estimate of drug-likeness (QED) is 0.264. The van der Waals surface area contributed by atoms with Gasteiger partial charge in [0, 0.05) is 5.56 Å². The van der Waals surface area contributed by atoms with E-state index in [1.165, 1.54) is 12.1 Å². The topological polar surface area (TPSA) is 0 Å². The van der Waals surface area contributed by atoms with Crippen molar-refractivity contribution in [2.45, 2.75) is 12.3 Å². The first-order valence-electron chi connectivity index (χ1n) is 9.72. The Hall–Kier alpha value is -2.42. The number of hydrogen-bond donors (Lipinski definition) is 0. The predicted octanol–water partition coefficient (Wildman–Crippen LogP) is 6.78. The molecule has 0 unspecified atom stereocenters. The first-order valence-corrected chi connectivity index (χ1v) is 11.7. The van der Waals surface area contributed by atoms with Crippen LogP contribution in [0.1, 0.15) is 11.1 Å². The minimum absolute atomic E-state index is 0. The summed E-state index contributed by atoms with van der Waals surface area (Å²) in [6.45, 7) is 0. The van der Waals surface area contributed by atoms with Crippen molar-refractivity contribution in [2.24, 2.45) is 0 Å². The van der Waals surface area contributed by atoms with Crippen LogP contribution in [-0.4, -0.2) is 0 Å². The van der Waals surface area contributed by atoms with Gasteiger partial charge in [0.05, 0.1) is 11.7 Å². The Bertz CT molecular complexity index is 1000. The lowest BCUT2D eigenvalue weighted by atomic mass is 10.1. The zero-order valence-electron chi connectivity index (χ0n) is 16.7. The summed E-state index contributed by atoms with van der Waals surface area (Å²) >= 11 is 0. The Labute approximate surface area is 191 Å². The predicted molar refractivity (Wildman–Crippen MR) is 131 cm³/mol. The summed E-state index contributed by atoms with van der Waals surface area (Å²) in [5.74, 6) is 0. The average molecular weight is 502 g/mol. The summed E-state index contributed by atoms with van der Waals surface area (Å²) in [4.78, 5) is 0. The highest BCUT2D eigenvalue weighted by Crippen LogP contribution is 2.59. The lowest BCUT2D eigenvalue weighted by Gasteiger charge is -2.28. The van der Waals surface area contributed by atoms with Crippen LogP contribution in [0, 0.1) is 0 Å². The molecule has 0 saturated heterocycles. The first kappa shape index (κ1) is 23.2. The van der Waals surface area contributed by atoms with E-state index in [4.69, 9.17) is 0 Å². The maximum absolute atomic E-state index is 13.8. The minimum Gasteiger partial charge on any atom is -0.166 e. The summed E-state index contributed by atoms with van der Waals surface area (Å²) in [5.41, 5.74) is -0.230. The third-order valence-corrected chi connectivity index (χ3v) is 9.68. The van der Waals surface area contributed by atoms with Gasteiger partial charge in [-0.15, -0.1) is 17.0 Å². The molecule has 5 heteroatoms. The normalized spacial score (nSPS) is 11.6. The zero-order chi connectivity index (χ0) is 21.0. The van der Waals surface area contributed by atoms with Crippen molar-refractivity contribution in [1.82, 2.24) is 0 Å². The molecule has 31 heavy (non-hydrogen) atoms.